The van der Waals surface area contributed by atoms with Gasteiger partial charge in [-0.25, -0.2) is 0 Å². The number of carboxylic acid groups (broad SMARTS) is 1. The summed E-state index contributed by atoms with van der Waals surface area (Å²) < 4.78 is 5.06. The fourth-order valence-corrected chi connectivity index (χ4v) is 2.11. The second-order valence-electron chi connectivity index (χ2n) is 4.19. The molecule has 6 nitrogen and oxygen atoms in total. The first-order valence-corrected chi connectivity index (χ1v) is 5.94. The summed E-state index contributed by atoms with van der Waals surface area (Å²) in [5.74, 6) is -1.24. The Morgan fingerprint density at radius 1 is 1.35 bits per heavy atom. The van der Waals surface area contributed by atoms with Crippen LogP contribution < -0.4 is 5.73 Å². The number of carbonyl (C=O) groups is 2. The van der Waals surface area contributed by atoms with Crippen molar-refractivity contribution >= 4 is 11.9 Å². The normalized spacial score (nSPS) is 16.1. The predicted molar refractivity (Wildman–Crippen MR) is 61.5 cm³/mol. The molecule has 0 saturated heterocycles. The number of amides is 1. The summed E-state index contributed by atoms with van der Waals surface area (Å²) in [6, 6.07) is 0.0556. The molecule has 0 bridgehead atoms. The van der Waals surface area contributed by atoms with E-state index >= 15 is 0 Å². The van der Waals surface area contributed by atoms with Crippen LogP contribution in [0.15, 0.2) is 0 Å². The van der Waals surface area contributed by atoms with Gasteiger partial charge < -0.3 is 20.5 Å². The van der Waals surface area contributed by atoms with Gasteiger partial charge in [-0.1, -0.05) is 12.8 Å². The minimum absolute atomic E-state index is 0.0556. The van der Waals surface area contributed by atoms with Crippen LogP contribution in [0, 0.1) is 0 Å². The Hall–Kier alpha value is -1.14. The molecule has 1 saturated carbocycles. The SMILES string of the molecule is NCCOCC(=O)N(CC(=O)O)C1CCCC1. The molecule has 0 unspecified atom stereocenters. The third-order valence-electron chi connectivity index (χ3n) is 2.88. The zero-order valence-corrected chi connectivity index (χ0v) is 9.93. The van der Waals surface area contributed by atoms with Gasteiger partial charge in [0.2, 0.25) is 5.91 Å². The summed E-state index contributed by atoms with van der Waals surface area (Å²) in [5.41, 5.74) is 5.25. The number of rotatable bonds is 7. The monoisotopic (exact) mass is 244 g/mol. The number of ether oxygens (including phenoxy) is 1. The van der Waals surface area contributed by atoms with E-state index in [1.807, 2.05) is 0 Å². The largest absolute Gasteiger partial charge is 0.480 e. The molecule has 0 heterocycles. The lowest BCUT2D eigenvalue weighted by Crippen LogP contribution is -2.44. The van der Waals surface area contributed by atoms with Gasteiger partial charge in [0.15, 0.2) is 0 Å². The van der Waals surface area contributed by atoms with E-state index in [1.165, 1.54) is 4.90 Å². The van der Waals surface area contributed by atoms with Crippen molar-refractivity contribution in [3.63, 3.8) is 0 Å². The summed E-state index contributed by atoms with van der Waals surface area (Å²) >= 11 is 0. The van der Waals surface area contributed by atoms with Gasteiger partial charge in [-0.05, 0) is 12.8 Å². The third-order valence-corrected chi connectivity index (χ3v) is 2.88. The average molecular weight is 244 g/mol. The highest BCUT2D eigenvalue weighted by Gasteiger charge is 2.28. The van der Waals surface area contributed by atoms with Gasteiger partial charge in [0.25, 0.3) is 0 Å². The van der Waals surface area contributed by atoms with Crippen molar-refractivity contribution in [2.75, 3.05) is 26.3 Å². The van der Waals surface area contributed by atoms with Crippen molar-refractivity contribution in [2.45, 2.75) is 31.7 Å². The molecule has 0 aromatic heterocycles. The average Bonchev–Trinajstić information content (AvgIpc) is 2.79. The Labute approximate surface area is 101 Å². The molecule has 17 heavy (non-hydrogen) atoms. The van der Waals surface area contributed by atoms with Crippen molar-refractivity contribution < 1.29 is 19.4 Å². The van der Waals surface area contributed by atoms with Crippen molar-refractivity contribution in [3.8, 4) is 0 Å². The highest BCUT2D eigenvalue weighted by molar-refractivity contribution is 5.82. The van der Waals surface area contributed by atoms with Gasteiger partial charge in [-0.3, -0.25) is 9.59 Å². The standard InChI is InChI=1S/C11H20N2O4/c12-5-6-17-8-10(14)13(7-11(15)16)9-3-1-2-4-9/h9H,1-8,12H2,(H,15,16). The van der Waals surface area contributed by atoms with E-state index in [-0.39, 0.29) is 25.1 Å². The van der Waals surface area contributed by atoms with Gasteiger partial charge >= 0.3 is 5.97 Å². The fourth-order valence-electron chi connectivity index (χ4n) is 2.11. The molecule has 0 spiro atoms. The fraction of sp³-hybridized carbons (Fsp3) is 0.818. The van der Waals surface area contributed by atoms with Crippen LogP contribution in [0.5, 0.6) is 0 Å². The molecule has 6 heteroatoms. The maximum atomic E-state index is 11.8. The molecule has 0 aliphatic heterocycles. The van der Waals surface area contributed by atoms with E-state index in [0.29, 0.717) is 13.2 Å². The topological polar surface area (TPSA) is 92.9 Å². The first kappa shape index (κ1) is 13.9. The van der Waals surface area contributed by atoms with Crippen LogP contribution in [0.1, 0.15) is 25.7 Å². The zero-order valence-electron chi connectivity index (χ0n) is 9.93. The first-order valence-electron chi connectivity index (χ1n) is 5.94. The zero-order chi connectivity index (χ0) is 12.7. The lowest BCUT2D eigenvalue weighted by Gasteiger charge is -2.27. The number of hydrogen-bond acceptors (Lipinski definition) is 4. The molecule has 1 fully saturated rings. The molecule has 0 radical (unpaired) electrons. The molecule has 0 aromatic carbocycles. The highest BCUT2D eigenvalue weighted by atomic mass is 16.5. The van der Waals surface area contributed by atoms with Gasteiger partial charge in [0.1, 0.15) is 13.2 Å². The minimum Gasteiger partial charge on any atom is -0.480 e. The Morgan fingerprint density at radius 2 is 2.00 bits per heavy atom. The van der Waals surface area contributed by atoms with Gasteiger partial charge in [-0.15, -0.1) is 0 Å². The molecule has 1 aliphatic rings. The van der Waals surface area contributed by atoms with Crippen LogP contribution in [-0.2, 0) is 14.3 Å². The van der Waals surface area contributed by atoms with Crippen LogP contribution in [0.25, 0.3) is 0 Å². The first-order chi connectivity index (χ1) is 8.15. The maximum absolute atomic E-state index is 11.8. The highest BCUT2D eigenvalue weighted by Crippen LogP contribution is 2.23. The van der Waals surface area contributed by atoms with E-state index < -0.39 is 5.97 Å². The maximum Gasteiger partial charge on any atom is 0.323 e. The summed E-state index contributed by atoms with van der Waals surface area (Å²) in [4.78, 5) is 24.0. The minimum atomic E-state index is -0.982. The van der Waals surface area contributed by atoms with Gasteiger partial charge in [-0.2, -0.15) is 0 Å². The quantitative estimate of drug-likeness (QED) is 0.606. The Morgan fingerprint density at radius 3 is 2.53 bits per heavy atom. The number of nitrogens with zero attached hydrogens (tertiary/aromatic N) is 1. The summed E-state index contributed by atoms with van der Waals surface area (Å²) in [7, 11) is 0. The number of nitrogens with two attached hydrogens (primary N) is 1. The third kappa shape index (κ3) is 4.70. The van der Waals surface area contributed by atoms with E-state index in [0.717, 1.165) is 25.7 Å². The van der Waals surface area contributed by atoms with E-state index in [1.54, 1.807) is 0 Å². The Bertz CT molecular complexity index is 264. The molecule has 0 atom stereocenters. The summed E-state index contributed by atoms with van der Waals surface area (Å²) in [6.07, 6.45) is 3.88. The van der Waals surface area contributed by atoms with Crippen molar-refractivity contribution in [1.29, 1.82) is 0 Å². The number of hydrogen-bond donors (Lipinski definition) is 2. The molecule has 98 valence electrons. The predicted octanol–water partition coefficient (Wildman–Crippen LogP) is -0.182. The molecule has 1 amide bonds. The Balaban J connectivity index is 2.48. The molecular weight excluding hydrogens is 224 g/mol. The second kappa shape index (κ2) is 7.24. The van der Waals surface area contributed by atoms with E-state index in [2.05, 4.69) is 0 Å². The van der Waals surface area contributed by atoms with Crippen LogP contribution in [-0.4, -0.2) is 54.2 Å². The smallest absolute Gasteiger partial charge is 0.323 e. The molecule has 3 N–H and O–H groups in total. The molecule has 1 aliphatic carbocycles. The molecular formula is C11H20N2O4. The number of carbonyl (C=O) groups excluding carboxylic acids is 1. The van der Waals surface area contributed by atoms with Crippen molar-refractivity contribution in [3.05, 3.63) is 0 Å². The van der Waals surface area contributed by atoms with E-state index in [9.17, 15) is 9.59 Å². The lowest BCUT2D eigenvalue weighted by atomic mass is 10.2. The van der Waals surface area contributed by atoms with Crippen molar-refractivity contribution in [2.24, 2.45) is 5.73 Å². The van der Waals surface area contributed by atoms with Crippen molar-refractivity contribution in [1.82, 2.24) is 4.90 Å². The van der Waals surface area contributed by atoms with Crippen LogP contribution in [0.2, 0.25) is 0 Å². The van der Waals surface area contributed by atoms with Gasteiger partial charge in [0.05, 0.1) is 6.61 Å². The van der Waals surface area contributed by atoms with E-state index in [4.69, 9.17) is 15.6 Å². The number of aliphatic carboxylic acids is 1. The van der Waals surface area contributed by atoms with Gasteiger partial charge in [0, 0.05) is 12.6 Å². The molecule has 0 aromatic rings. The lowest BCUT2D eigenvalue weighted by molar-refractivity contribution is -0.148. The Kier molecular flexibility index (Phi) is 5.93. The second-order valence-corrected chi connectivity index (χ2v) is 4.19. The summed E-state index contributed by atoms with van der Waals surface area (Å²) in [6.45, 7) is 0.351. The summed E-state index contributed by atoms with van der Waals surface area (Å²) in [5, 5.41) is 8.81. The number of carboxylic acids is 1. The molecule has 1 rings (SSSR count). The van der Waals surface area contributed by atoms with Crippen LogP contribution in [0.3, 0.4) is 0 Å². The van der Waals surface area contributed by atoms with Crippen LogP contribution >= 0.6 is 0 Å². The van der Waals surface area contributed by atoms with Crippen LogP contribution in [0.4, 0.5) is 0 Å².